The van der Waals surface area contributed by atoms with Gasteiger partial charge in [-0.05, 0) is 37.3 Å². The maximum Gasteiger partial charge on any atom is 0.216 e. The van der Waals surface area contributed by atoms with Crippen LogP contribution in [0.25, 0.3) is 11.3 Å². The Morgan fingerprint density at radius 1 is 1.28 bits per heavy atom. The number of nitrogens with one attached hydrogen (secondary N) is 1. The molecule has 0 amide bonds. The molecule has 3 aromatic rings. The number of rotatable bonds is 4. The largest absolute Gasteiger partial charge is 0.290 e. The summed E-state index contributed by atoms with van der Waals surface area (Å²) in [5, 5.41) is 14.1. The molecule has 2 aromatic carbocycles. The number of H-pyrrole nitrogens is 1. The van der Waals surface area contributed by atoms with Crippen molar-refractivity contribution in [1.29, 1.82) is 5.26 Å². The quantitative estimate of drug-likeness (QED) is 0.633. The van der Waals surface area contributed by atoms with Gasteiger partial charge in [0, 0.05) is 21.3 Å². The average molecular weight is 427 g/mol. The maximum absolute atomic E-state index is 13.7. The molecule has 1 N–H and O–H groups in total. The molecule has 29 heavy (non-hydrogen) atoms. The molecular formula is C20H14FN3O3S2. The Hall–Kier alpha value is -2.96. The lowest BCUT2D eigenvalue weighted by Gasteiger charge is -2.21. The van der Waals surface area contributed by atoms with E-state index in [1.807, 2.05) is 6.92 Å². The molecule has 146 valence electrons. The fraction of sp³-hybridized carbons (Fsp3) is 0.150. The number of aromatic amines is 1. The minimum atomic E-state index is -4.21. The molecule has 2 unspecified atom stereocenters. The van der Waals surface area contributed by atoms with E-state index in [1.54, 1.807) is 18.2 Å². The molecule has 0 aliphatic carbocycles. The molecule has 0 saturated heterocycles. The Labute approximate surface area is 170 Å². The van der Waals surface area contributed by atoms with Crippen molar-refractivity contribution in [2.45, 2.75) is 27.2 Å². The van der Waals surface area contributed by atoms with Gasteiger partial charge in [0.05, 0.1) is 16.7 Å². The third kappa shape index (κ3) is 3.14. The Morgan fingerprint density at radius 3 is 2.69 bits per heavy atom. The highest BCUT2D eigenvalue weighted by Gasteiger charge is 2.39. The van der Waals surface area contributed by atoms with E-state index in [2.05, 4.69) is 10.2 Å². The zero-order valence-corrected chi connectivity index (χ0v) is 16.7. The minimum absolute atomic E-state index is 0.0408. The van der Waals surface area contributed by atoms with E-state index in [-0.39, 0.29) is 15.8 Å². The zero-order chi connectivity index (χ0) is 20.8. The summed E-state index contributed by atoms with van der Waals surface area (Å²) in [5.74, 6) is -1.32. The number of aromatic nitrogens is 2. The van der Waals surface area contributed by atoms with Crippen LogP contribution in [0, 0.1) is 17.1 Å². The van der Waals surface area contributed by atoms with Crippen LogP contribution in [-0.2, 0) is 9.84 Å². The molecule has 4 rings (SSSR count). The molecule has 0 saturated carbocycles. The summed E-state index contributed by atoms with van der Waals surface area (Å²) in [4.78, 5) is 13.8. The number of sulfone groups is 1. The number of benzene rings is 2. The molecule has 0 spiro atoms. The predicted molar refractivity (Wildman–Crippen MR) is 106 cm³/mol. The smallest absolute Gasteiger partial charge is 0.216 e. The SMILES string of the molecule is CC1Sc2ccc(F)cc2-c2n[nH]c(C(=O)C(C#N)S(=O)(=O)c3ccccc3)c21. The second kappa shape index (κ2) is 7.13. The topological polar surface area (TPSA) is 104 Å². The molecular weight excluding hydrogens is 413 g/mol. The van der Waals surface area contributed by atoms with Gasteiger partial charge >= 0.3 is 0 Å². The van der Waals surface area contributed by atoms with Crippen molar-refractivity contribution in [2.75, 3.05) is 0 Å². The Bertz CT molecular complexity index is 1260. The van der Waals surface area contributed by atoms with Crippen molar-refractivity contribution in [3.8, 4) is 17.3 Å². The Morgan fingerprint density at radius 2 is 2.00 bits per heavy atom. The standard InChI is InChI=1S/C20H14FN3O3S2/c1-11-17-18(14-9-12(21)7-8-15(14)28-11)23-24-19(17)20(25)16(10-22)29(26,27)13-5-3-2-4-6-13/h2-9,11,16H,1H3,(H,23,24). The van der Waals surface area contributed by atoms with E-state index in [0.29, 0.717) is 16.8 Å². The number of carbonyl (C=O) groups excluding carboxylic acids is 1. The summed E-state index contributed by atoms with van der Waals surface area (Å²) in [6, 6.07) is 13.3. The third-order valence-corrected chi connectivity index (χ3v) is 7.76. The molecule has 2 atom stereocenters. The minimum Gasteiger partial charge on any atom is -0.290 e. The number of halogens is 1. The van der Waals surface area contributed by atoms with Crippen LogP contribution in [-0.4, -0.2) is 29.6 Å². The van der Waals surface area contributed by atoms with E-state index in [9.17, 15) is 22.9 Å². The molecule has 1 aliphatic rings. The number of Topliss-reactive ketones (excluding diaryl/α,β-unsaturated/α-hetero) is 1. The molecule has 6 nitrogen and oxygen atoms in total. The molecule has 0 fully saturated rings. The van der Waals surface area contributed by atoms with Gasteiger partial charge in [0.15, 0.2) is 0 Å². The highest BCUT2D eigenvalue weighted by Crippen LogP contribution is 2.49. The molecule has 9 heteroatoms. The number of thioether (sulfide) groups is 1. The van der Waals surface area contributed by atoms with Gasteiger partial charge in [0.2, 0.25) is 20.9 Å². The molecule has 1 aromatic heterocycles. The van der Waals surface area contributed by atoms with Crippen LogP contribution < -0.4 is 0 Å². The van der Waals surface area contributed by atoms with Crippen molar-refractivity contribution in [2.24, 2.45) is 0 Å². The van der Waals surface area contributed by atoms with Gasteiger partial charge in [-0.1, -0.05) is 18.2 Å². The Balaban J connectivity index is 1.81. The second-order valence-corrected chi connectivity index (χ2v) is 9.91. The van der Waals surface area contributed by atoms with E-state index in [4.69, 9.17) is 0 Å². The molecule has 0 radical (unpaired) electrons. The maximum atomic E-state index is 13.7. The lowest BCUT2D eigenvalue weighted by molar-refractivity contribution is 0.0995. The van der Waals surface area contributed by atoms with Gasteiger partial charge < -0.3 is 0 Å². The highest BCUT2D eigenvalue weighted by molar-refractivity contribution is 7.99. The number of hydrogen-bond acceptors (Lipinski definition) is 6. The van der Waals surface area contributed by atoms with E-state index in [1.165, 1.54) is 48.2 Å². The zero-order valence-electron chi connectivity index (χ0n) is 15.1. The summed E-state index contributed by atoms with van der Waals surface area (Å²) in [6.07, 6.45) is 0. The number of fused-ring (bicyclic) bond motifs is 3. The fourth-order valence-corrected chi connectivity index (χ4v) is 5.83. The van der Waals surface area contributed by atoms with Crippen molar-refractivity contribution in [3.63, 3.8) is 0 Å². The van der Waals surface area contributed by atoms with Crippen LogP contribution in [0.1, 0.15) is 28.2 Å². The van der Waals surface area contributed by atoms with Crippen molar-refractivity contribution in [1.82, 2.24) is 10.2 Å². The number of ketones is 1. The van der Waals surface area contributed by atoms with Gasteiger partial charge in [-0.2, -0.15) is 10.4 Å². The lowest BCUT2D eigenvalue weighted by Crippen LogP contribution is -2.30. The van der Waals surface area contributed by atoms with Crippen LogP contribution in [0.2, 0.25) is 0 Å². The van der Waals surface area contributed by atoms with Gasteiger partial charge in [-0.15, -0.1) is 11.8 Å². The normalized spacial score (nSPS) is 16.4. The summed E-state index contributed by atoms with van der Waals surface area (Å²) in [6.45, 7) is 1.84. The number of hydrogen-bond donors (Lipinski definition) is 1. The van der Waals surface area contributed by atoms with E-state index < -0.39 is 26.7 Å². The van der Waals surface area contributed by atoms with Gasteiger partial charge in [-0.25, -0.2) is 12.8 Å². The first-order valence-corrected chi connectivity index (χ1v) is 11.0. The first-order chi connectivity index (χ1) is 13.8. The average Bonchev–Trinajstić information content (AvgIpc) is 3.16. The van der Waals surface area contributed by atoms with E-state index >= 15 is 0 Å². The van der Waals surface area contributed by atoms with Crippen LogP contribution in [0.5, 0.6) is 0 Å². The number of carbonyl (C=O) groups is 1. The lowest BCUT2D eigenvalue weighted by atomic mass is 10.00. The molecule has 0 bridgehead atoms. The first kappa shape index (κ1) is 19.4. The molecule has 1 aliphatic heterocycles. The first-order valence-electron chi connectivity index (χ1n) is 8.62. The van der Waals surface area contributed by atoms with Gasteiger partial charge in [0.1, 0.15) is 11.5 Å². The van der Waals surface area contributed by atoms with Crippen molar-refractivity contribution >= 4 is 27.4 Å². The van der Waals surface area contributed by atoms with Crippen LogP contribution >= 0.6 is 11.8 Å². The van der Waals surface area contributed by atoms with Crippen LogP contribution in [0.3, 0.4) is 0 Å². The van der Waals surface area contributed by atoms with Crippen molar-refractivity contribution < 1.29 is 17.6 Å². The van der Waals surface area contributed by atoms with Gasteiger partial charge in [-0.3, -0.25) is 9.89 Å². The number of nitrogens with zero attached hydrogens (tertiary/aromatic N) is 2. The van der Waals surface area contributed by atoms with Gasteiger partial charge in [0.25, 0.3) is 0 Å². The third-order valence-electron chi connectivity index (χ3n) is 4.69. The molecule has 2 heterocycles. The number of nitriles is 1. The highest BCUT2D eigenvalue weighted by atomic mass is 32.2. The summed E-state index contributed by atoms with van der Waals surface area (Å²) < 4.78 is 39.5. The van der Waals surface area contributed by atoms with Crippen LogP contribution in [0.4, 0.5) is 4.39 Å². The predicted octanol–water partition coefficient (Wildman–Crippen LogP) is 3.93. The second-order valence-electron chi connectivity index (χ2n) is 6.49. The fourth-order valence-electron chi connectivity index (χ4n) is 3.33. The van der Waals surface area contributed by atoms with Crippen LogP contribution in [0.15, 0.2) is 58.3 Å². The van der Waals surface area contributed by atoms with Crippen molar-refractivity contribution in [3.05, 3.63) is 65.6 Å². The summed E-state index contributed by atoms with van der Waals surface area (Å²) in [5.41, 5.74) is 1.35. The monoisotopic (exact) mass is 427 g/mol. The Kier molecular flexibility index (Phi) is 4.76. The summed E-state index contributed by atoms with van der Waals surface area (Å²) in [7, 11) is -4.21. The van der Waals surface area contributed by atoms with E-state index in [0.717, 1.165) is 4.90 Å². The summed E-state index contributed by atoms with van der Waals surface area (Å²) >= 11 is 1.41.